The Balaban J connectivity index is 1.58. The highest BCUT2D eigenvalue weighted by atomic mass is 16.5. The zero-order valence-corrected chi connectivity index (χ0v) is 12.5. The van der Waals surface area contributed by atoms with E-state index in [2.05, 4.69) is 54.6 Å². The maximum Gasteiger partial charge on any atom is 0.168 e. The summed E-state index contributed by atoms with van der Waals surface area (Å²) in [5, 5.41) is 0. The van der Waals surface area contributed by atoms with Gasteiger partial charge >= 0.3 is 0 Å². The number of fused-ring (bicyclic) bond motifs is 1. The Bertz CT molecular complexity index is 622. The van der Waals surface area contributed by atoms with E-state index in [1.165, 1.54) is 35.0 Å². The van der Waals surface area contributed by atoms with Crippen LogP contribution in [0.2, 0.25) is 0 Å². The van der Waals surface area contributed by atoms with Gasteiger partial charge in [-0.2, -0.15) is 0 Å². The smallest absolute Gasteiger partial charge is 0.168 e. The molecule has 0 bridgehead atoms. The lowest BCUT2D eigenvalue weighted by Gasteiger charge is -2.19. The molecule has 4 rings (SSSR count). The molecule has 2 aromatic rings. The van der Waals surface area contributed by atoms with Gasteiger partial charge in [0.05, 0.1) is 13.7 Å². The minimum Gasteiger partial charge on any atom is -0.497 e. The summed E-state index contributed by atoms with van der Waals surface area (Å²) in [6.07, 6.45) is 2.76. The van der Waals surface area contributed by atoms with E-state index in [-0.39, 0.29) is 0 Å². The third-order valence-corrected chi connectivity index (χ3v) is 5.34. The van der Waals surface area contributed by atoms with Gasteiger partial charge in [-0.05, 0) is 24.3 Å². The van der Waals surface area contributed by atoms with Gasteiger partial charge in [0.25, 0.3) is 0 Å². The van der Waals surface area contributed by atoms with Crippen molar-refractivity contribution in [2.45, 2.75) is 31.5 Å². The molecule has 3 atom stereocenters. The van der Waals surface area contributed by atoms with Crippen molar-refractivity contribution in [3.63, 3.8) is 0 Å². The molecular weight excluding hydrogens is 258 g/mol. The zero-order valence-electron chi connectivity index (χ0n) is 12.5. The van der Waals surface area contributed by atoms with Crippen molar-refractivity contribution in [1.82, 2.24) is 0 Å². The van der Waals surface area contributed by atoms with Crippen LogP contribution in [0.15, 0.2) is 54.6 Å². The zero-order chi connectivity index (χ0) is 14.3. The molecule has 2 aliphatic rings. The molecule has 1 unspecified atom stereocenters. The molecule has 0 radical (unpaired) electrons. The van der Waals surface area contributed by atoms with Crippen LogP contribution in [0.1, 0.15) is 30.0 Å². The summed E-state index contributed by atoms with van der Waals surface area (Å²) in [4.78, 5) is 0. The van der Waals surface area contributed by atoms with Gasteiger partial charge in [-0.15, -0.1) is 0 Å². The van der Waals surface area contributed by atoms with Crippen molar-refractivity contribution in [2.75, 3.05) is 13.7 Å². The van der Waals surface area contributed by atoms with Gasteiger partial charge in [-0.25, -0.2) is 0 Å². The molecule has 108 valence electrons. The standard InChI is InChI=1S/C19H22NO/c1-21-17-11-9-15(10-12-17)14-20-13-5-8-18(20)19(20)16-6-3-2-4-7-16/h2-4,6-7,9-12,18-19H,5,8,13-14H2,1H3/q+1/t18-,19-,20?/m1/s1. The van der Waals surface area contributed by atoms with Gasteiger partial charge in [-0.1, -0.05) is 30.3 Å². The van der Waals surface area contributed by atoms with E-state index < -0.39 is 0 Å². The average Bonchev–Trinajstić information content (AvgIpc) is 2.96. The number of quaternary nitrogens is 1. The van der Waals surface area contributed by atoms with E-state index in [1.54, 1.807) is 7.11 Å². The number of benzene rings is 2. The number of piperidine rings is 1. The number of ether oxygens (including phenoxy) is 1. The topological polar surface area (TPSA) is 9.23 Å². The summed E-state index contributed by atoms with van der Waals surface area (Å²) in [6, 6.07) is 21.3. The Morgan fingerprint density at radius 1 is 1.05 bits per heavy atom. The number of hydrogen-bond donors (Lipinski definition) is 0. The van der Waals surface area contributed by atoms with E-state index in [4.69, 9.17) is 4.74 Å². The van der Waals surface area contributed by atoms with Crippen molar-refractivity contribution < 1.29 is 9.22 Å². The molecule has 0 aliphatic carbocycles. The second kappa shape index (κ2) is 4.88. The molecular formula is C19H22NO+. The summed E-state index contributed by atoms with van der Waals surface area (Å²) >= 11 is 0. The Kier molecular flexibility index (Phi) is 3.00. The molecule has 2 heteroatoms. The van der Waals surface area contributed by atoms with Crippen LogP contribution in [-0.2, 0) is 6.54 Å². The van der Waals surface area contributed by atoms with Crippen LogP contribution in [0.5, 0.6) is 5.75 Å². The molecule has 2 aliphatic heterocycles. The highest BCUT2D eigenvalue weighted by Crippen LogP contribution is 2.59. The van der Waals surface area contributed by atoms with E-state index >= 15 is 0 Å². The summed E-state index contributed by atoms with van der Waals surface area (Å²) < 4.78 is 6.53. The third-order valence-electron chi connectivity index (χ3n) is 5.34. The molecule has 2 fully saturated rings. The normalized spacial score (nSPS) is 30.0. The van der Waals surface area contributed by atoms with Crippen LogP contribution in [0.4, 0.5) is 0 Å². The van der Waals surface area contributed by atoms with Crippen LogP contribution in [0, 0.1) is 0 Å². The van der Waals surface area contributed by atoms with Crippen LogP contribution >= 0.6 is 0 Å². The van der Waals surface area contributed by atoms with Gasteiger partial charge in [-0.3, -0.25) is 0 Å². The fraction of sp³-hybridized carbons (Fsp3) is 0.368. The lowest BCUT2D eigenvalue weighted by atomic mass is 10.1. The maximum atomic E-state index is 5.26. The molecule has 0 amide bonds. The molecule has 2 saturated heterocycles. The second-order valence-corrected chi connectivity index (χ2v) is 6.40. The first-order chi connectivity index (χ1) is 10.3. The summed E-state index contributed by atoms with van der Waals surface area (Å²) in [7, 11) is 1.73. The minimum absolute atomic E-state index is 0.724. The summed E-state index contributed by atoms with van der Waals surface area (Å²) in [5.74, 6) is 0.946. The van der Waals surface area contributed by atoms with Crippen molar-refractivity contribution in [1.29, 1.82) is 0 Å². The molecule has 2 heterocycles. The van der Waals surface area contributed by atoms with Crippen molar-refractivity contribution in [2.24, 2.45) is 0 Å². The third kappa shape index (κ3) is 2.06. The monoisotopic (exact) mass is 280 g/mol. The first-order valence-corrected chi connectivity index (χ1v) is 7.88. The van der Waals surface area contributed by atoms with Crippen LogP contribution in [0.25, 0.3) is 0 Å². The van der Waals surface area contributed by atoms with E-state index in [1.807, 2.05) is 0 Å². The maximum absolute atomic E-state index is 5.26. The molecule has 0 aromatic heterocycles. The highest BCUT2D eigenvalue weighted by Gasteiger charge is 2.68. The predicted octanol–water partition coefficient (Wildman–Crippen LogP) is 3.93. The largest absolute Gasteiger partial charge is 0.497 e. The van der Waals surface area contributed by atoms with Gasteiger partial charge < -0.3 is 9.22 Å². The first kappa shape index (κ1) is 12.9. The SMILES string of the molecule is COc1ccc(C[N+]23CCC[C@@H]2[C@H]3c2ccccc2)cc1. The van der Waals surface area contributed by atoms with Crippen LogP contribution in [0.3, 0.4) is 0 Å². The quantitative estimate of drug-likeness (QED) is 0.609. The van der Waals surface area contributed by atoms with Gasteiger partial charge in [0.1, 0.15) is 18.3 Å². The number of rotatable bonds is 4. The number of methoxy groups -OCH3 is 1. The number of hydrogen-bond acceptors (Lipinski definition) is 1. The molecule has 2 aromatic carbocycles. The highest BCUT2D eigenvalue weighted by molar-refractivity contribution is 5.28. The summed E-state index contributed by atoms with van der Waals surface area (Å²) in [6.45, 7) is 2.49. The Labute approximate surface area is 126 Å². The molecule has 21 heavy (non-hydrogen) atoms. The second-order valence-electron chi connectivity index (χ2n) is 6.40. The van der Waals surface area contributed by atoms with Gasteiger partial charge in [0.2, 0.25) is 0 Å². The van der Waals surface area contributed by atoms with Gasteiger partial charge in [0.15, 0.2) is 6.04 Å². The molecule has 0 spiro atoms. The van der Waals surface area contributed by atoms with Crippen LogP contribution in [-0.4, -0.2) is 24.2 Å². The average molecular weight is 280 g/mol. The van der Waals surface area contributed by atoms with Gasteiger partial charge in [0, 0.05) is 24.0 Å². The lowest BCUT2D eigenvalue weighted by Crippen LogP contribution is -2.25. The predicted molar refractivity (Wildman–Crippen MR) is 84.0 cm³/mol. The van der Waals surface area contributed by atoms with Crippen LogP contribution < -0.4 is 4.74 Å². The van der Waals surface area contributed by atoms with E-state index in [0.717, 1.165) is 24.4 Å². The van der Waals surface area contributed by atoms with E-state index in [9.17, 15) is 0 Å². The van der Waals surface area contributed by atoms with Crippen molar-refractivity contribution in [3.8, 4) is 5.75 Å². The fourth-order valence-corrected chi connectivity index (χ4v) is 4.35. The number of nitrogens with zero attached hydrogens (tertiary/aromatic N) is 1. The lowest BCUT2D eigenvalue weighted by molar-refractivity contribution is -0.834. The first-order valence-electron chi connectivity index (χ1n) is 7.88. The Morgan fingerprint density at radius 2 is 1.81 bits per heavy atom. The molecule has 2 nitrogen and oxygen atoms in total. The van der Waals surface area contributed by atoms with E-state index in [0.29, 0.717) is 0 Å². The summed E-state index contributed by atoms with van der Waals surface area (Å²) in [5.41, 5.74) is 2.96. The molecule has 0 N–H and O–H groups in total. The Hall–Kier alpha value is -1.80. The Morgan fingerprint density at radius 3 is 2.52 bits per heavy atom. The fourth-order valence-electron chi connectivity index (χ4n) is 4.35. The van der Waals surface area contributed by atoms with Crippen molar-refractivity contribution >= 4 is 0 Å². The minimum atomic E-state index is 0.724. The van der Waals surface area contributed by atoms with Crippen molar-refractivity contribution in [3.05, 3.63) is 65.7 Å². The molecule has 0 saturated carbocycles.